The molecule has 0 saturated carbocycles. The van der Waals surface area contributed by atoms with E-state index in [4.69, 9.17) is 4.74 Å². The summed E-state index contributed by atoms with van der Waals surface area (Å²) in [7, 11) is 0. The Hall–Kier alpha value is -2.30. The van der Waals surface area contributed by atoms with E-state index in [2.05, 4.69) is 10.4 Å². The summed E-state index contributed by atoms with van der Waals surface area (Å²) in [4.78, 5) is 12.0. The van der Waals surface area contributed by atoms with Crippen molar-refractivity contribution < 1.29 is 9.53 Å². The standard InChI is InChI=1S/C15H19N3O2/c1-12(20-14-7-4-3-5-8-14)11-16-15(19)13(2)18-10-6-9-17-18/h3-10,12-13H,11H2,1-2H3,(H,16,19). The molecule has 0 bridgehead atoms. The molecule has 0 saturated heterocycles. The molecule has 20 heavy (non-hydrogen) atoms. The average molecular weight is 273 g/mol. The molecule has 1 aromatic carbocycles. The predicted molar refractivity (Wildman–Crippen MR) is 76.5 cm³/mol. The van der Waals surface area contributed by atoms with E-state index in [-0.39, 0.29) is 18.1 Å². The molecule has 2 aromatic rings. The van der Waals surface area contributed by atoms with E-state index in [0.29, 0.717) is 6.54 Å². The second-order valence-electron chi connectivity index (χ2n) is 4.65. The Labute approximate surface area is 118 Å². The zero-order chi connectivity index (χ0) is 14.4. The molecule has 106 valence electrons. The van der Waals surface area contributed by atoms with Crippen molar-refractivity contribution in [2.75, 3.05) is 6.54 Å². The quantitative estimate of drug-likeness (QED) is 0.876. The third-order valence-corrected chi connectivity index (χ3v) is 2.95. The smallest absolute Gasteiger partial charge is 0.244 e. The summed E-state index contributed by atoms with van der Waals surface area (Å²) in [6.45, 7) is 4.19. The molecule has 1 aromatic heterocycles. The molecule has 0 spiro atoms. The maximum Gasteiger partial charge on any atom is 0.244 e. The first-order valence-corrected chi connectivity index (χ1v) is 6.65. The Balaban J connectivity index is 1.78. The Morgan fingerprint density at radius 3 is 2.70 bits per heavy atom. The highest BCUT2D eigenvalue weighted by Gasteiger charge is 2.15. The van der Waals surface area contributed by atoms with Crippen LogP contribution < -0.4 is 10.1 Å². The lowest BCUT2D eigenvalue weighted by molar-refractivity contribution is -0.124. The number of carbonyl (C=O) groups is 1. The van der Waals surface area contributed by atoms with Crippen molar-refractivity contribution in [3.8, 4) is 5.75 Å². The molecule has 1 amide bonds. The molecule has 2 unspecified atom stereocenters. The second kappa shape index (κ2) is 6.75. The number of para-hydroxylation sites is 1. The van der Waals surface area contributed by atoms with Crippen molar-refractivity contribution in [3.05, 3.63) is 48.8 Å². The molecule has 0 fully saturated rings. The molecule has 5 heteroatoms. The summed E-state index contributed by atoms with van der Waals surface area (Å²) in [5.74, 6) is 0.728. The van der Waals surface area contributed by atoms with E-state index in [9.17, 15) is 4.79 Å². The van der Waals surface area contributed by atoms with E-state index >= 15 is 0 Å². The lowest BCUT2D eigenvalue weighted by atomic mass is 10.3. The average Bonchev–Trinajstić information content (AvgIpc) is 2.99. The number of amides is 1. The number of aromatic nitrogens is 2. The third-order valence-electron chi connectivity index (χ3n) is 2.95. The van der Waals surface area contributed by atoms with Crippen LogP contribution in [0.25, 0.3) is 0 Å². The molecule has 0 aliphatic carbocycles. The van der Waals surface area contributed by atoms with E-state index in [1.54, 1.807) is 23.1 Å². The summed E-state index contributed by atoms with van der Waals surface area (Å²) < 4.78 is 7.32. The van der Waals surface area contributed by atoms with Crippen LogP contribution in [-0.4, -0.2) is 28.3 Å². The van der Waals surface area contributed by atoms with Crippen LogP contribution in [0.1, 0.15) is 19.9 Å². The fourth-order valence-corrected chi connectivity index (χ4v) is 1.79. The second-order valence-corrected chi connectivity index (χ2v) is 4.65. The van der Waals surface area contributed by atoms with Crippen LogP contribution in [0.3, 0.4) is 0 Å². The van der Waals surface area contributed by atoms with Gasteiger partial charge in [0.25, 0.3) is 0 Å². The Kier molecular flexibility index (Phi) is 4.76. The highest BCUT2D eigenvalue weighted by Crippen LogP contribution is 2.10. The normalized spacial score (nSPS) is 13.5. The van der Waals surface area contributed by atoms with Crippen molar-refractivity contribution in [1.29, 1.82) is 0 Å². The van der Waals surface area contributed by atoms with Crippen LogP contribution >= 0.6 is 0 Å². The molecule has 0 aliphatic rings. The fourth-order valence-electron chi connectivity index (χ4n) is 1.79. The number of benzene rings is 1. The molecule has 1 N–H and O–H groups in total. The lowest BCUT2D eigenvalue weighted by Gasteiger charge is -2.17. The minimum Gasteiger partial charge on any atom is -0.489 e. The summed E-state index contributed by atoms with van der Waals surface area (Å²) >= 11 is 0. The van der Waals surface area contributed by atoms with Crippen LogP contribution in [0.15, 0.2) is 48.8 Å². The van der Waals surface area contributed by atoms with Gasteiger partial charge in [-0.3, -0.25) is 9.48 Å². The van der Waals surface area contributed by atoms with Gasteiger partial charge < -0.3 is 10.1 Å². The fraction of sp³-hybridized carbons (Fsp3) is 0.333. The molecule has 0 radical (unpaired) electrons. The van der Waals surface area contributed by atoms with Crippen LogP contribution in [0.2, 0.25) is 0 Å². The lowest BCUT2D eigenvalue weighted by Crippen LogP contribution is -2.37. The van der Waals surface area contributed by atoms with E-state index < -0.39 is 0 Å². The topological polar surface area (TPSA) is 56.2 Å². The monoisotopic (exact) mass is 273 g/mol. The first kappa shape index (κ1) is 14.1. The van der Waals surface area contributed by atoms with Gasteiger partial charge in [0.2, 0.25) is 5.91 Å². The van der Waals surface area contributed by atoms with Crippen molar-refractivity contribution in [3.63, 3.8) is 0 Å². The van der Waals surface area contributed by atoms with Gasteiger partial charge in [0, 0.05) is 12.4 Å². The number of hydrogen-bond donors (Lipinski definition) is 1. The summed E-state index contributed by atoms with van der Waals surface area (Å²) in [5, 5.41) is 6.92. The van der Waals surface area contributed by atoms with Crippen molar-refractivity contribution in [1.82, 2.24) is 15.1 Å². The van der Waals surface area contributed by atoms with E-state index in [1.165, 1.54) is 0 Å². The molecule has 2 atom stereocenters. The van der Waals surface area contributed by atoms with Gasteiger partial charge in [0.15, 0.2) is 0 Å². The van der Waals surface area contributed by atoms with Crippen LogP contribution in [0.5, 0.6) is 5.75 Å². The highest BCUT2D eigenvalue weighted by molar-refractivity contribution is 5.79. The summed E-state index contributed by atoms with van der Waals surface area (Å²) in [6, 6.07) is 11.0. The first-order chi connectivity index (χ1) is 9.66. The molecule has 1 heterocycles. The number of nitrogens with one attached hydrogen (secondary N) is 1. The predicted octanol–water partition coefficient (Wildman–Crippen LogP) is 2.03. The zero-order valence-electron chi connectivity index (χ0n) is 11.7. The van der Waals surface area contributed by atoms with Crippen LogP contribution in [0.4, 0.5) is 0 Å². The number of ether oxygens (including phenoxy) is 1. The molecular formula is C15H19N3O2. The Morgan fingerprint density at radius 1 is 1.30 bits per heavy atom. The first-order valence-electron chi connectivity index (χ1n) is 6.65. The van der Waals surface area contributed by atoms with E-state index in [1.807, 2.05) is 44.2 Å². The van der Waals surface area contributed by atoms with Gasteiger partial charge in [-0.15, -0.1) is 0 Å². The van der Waals surface area contributed by atoms with E-state index in [0.717, 1.165) is 5.75 Å². The van der Waals surface area contributed by atoms with Gasteiger partial charge in [0.1, 0.15) is 17.9 Å². The highest BCUT2D eigenvalue weighted by atomic mass is 16.5. The van der Waals surface area contributed by atoms with Gasteiger partial charge in [-0.2, -0.15) is 5.10 Å². The van der Waals surface area contributed by atoms with Gasteiger partial charge in [-0.1, -0.05) is 18.2 Å². The van der Waals surface area contributed by atoms with Gasteiger partial charge in [0.05, 0.1) is 6.54 Å². The van der Waals surface area contributed by atoms with Crippen molar-refractivity contribution in [2.45, 2.75) is 26.0 Å². The molecule has 0 aliphatic heterocycles. The van der Waals surface area contributed by atoms with Crippen LogP contribution in [0, 0.1) is 0 Å². The maximum absolute atomic E-state index is 12.0. The van der Waals surface area contributed by atoms with Crippen molar-refractivity contribution in [2.24, 2.45) is 0 Å². The molecule has 5 nitrogen and oxygen atoms in total. The number of hydrogen-bond acceptors (Lipinski definition) is 3. The third kappa shape index (κ3) is 3.85. The number of carbonyl (C=O) groups excluding carboxylic acids is 1. The SMILES string of the molecule is CC(CNC(=O)C(C)n1cccn1)Oc1ccccc1. The summed E-state index contributed by atoms with van der Waals surface area (Å²) in [5.41, 5.74) is 0. The largest absolute Gasteiger partial charge is 0.489 e. The number of nitrogens with zero attached hydrogens (tertiary/aromatic N) is 2. The minimum atomic E-state index is -0.325. The van der Waals surface area contributed by atoms with Gasteiger partial charge in [-0.25, -0.2) is 0 Å². The zero-order valence-corrected chi connectivity index (χ0v) is 11.7. The van der Waals surface area contributed by atoms with Gasteiger partial charge >= 0.3 is 0 Å². The Morgan fingerprint density at radius 2 is 2.05 bits per heavy atom. The minimum absolute atomic E-state index is 0.0720. The maximum atomic E-state index is 12.0. The molecule has 2 rings (SSSR count). The molecular weight excluding hydrogens is 254 g/mol. The van der Waals surface area contributed by atoms with Crippen molar-refractivity contribution >= 4 is 5.91 Å². The van der Waals surface area contributed by atoms with Crippen LogP contribution in [-0.2, 0) is 4.79 Å². The Bertz CT molecular complexity index is 525. The number of rotatable bonds is 6. The van der Waals surface area contributed by atoms with Gasteiger partial charge in [-0.05, 0) is 32.0 Å². The summed E-state index contributed by atoms with van der Waals surface area (Å²) in [6.07, 6.45) is 3.34.